The molecule has 1 aromatic heterocycles. The summed E-state index contributed by atoms with van der Waals surface area (Å²) in [5.41, 5.74) is 7.67. The van der Waals surface area contributed by atoms with E-state index in [1.54, 1.807) is 28.8 Å². The topological polar surface area (TPSA) is 102 Å². The number of carbonyl (C=O) groups excluding carboxylic acids is 1. The Morgan fingerprint density at radius 1 is 0.967 bits per heavy atom. The fourth-order valence-corrected chi connectivity index (χ4v) is 4.21. The molecule has 8 nitrogen and oxygen atoms in total. The minimum Gasteiger partial charge on any atom is -0.493 e. The van der Waals surface area contributed by atoms with Crippen LogP contribution >= 0.6 is 0 Å². The predicted molar refractivity (Wildman–Crippen MR) is 110 cm³/mol. The molecule has 0 atom stereocenters. The van der Waals surface area contributed by atoms with E-state index in [1.165, 1.54) is 14.2 Å². The molecule has 0 unspecified atom stereocenters. The molecule has 0 radical (unpaired) electrons. The van der Waals surface area contributed by atoms with E-state index < -0.39 is 0 Å². The van der Waals surface area contributed by atoms with Crippen LogP contribution in [0.1, 0.15) is 22.3 Å². The van der Waals surface area contributed by atoms with E-state index in [-0.39, 0.29) is 18.1 Å². The van der Waals surface area contributed by atoms with Gasteiger partial charge in [0.2, 0.25) is 6.79 Å². The van der Waals surface area contributed by atoms with Gasteiger partial charge in [-0.3, -0.25) is 9.59 Å². The predicted octanol–water partition coefficient (Wildman–Crippen LogP) is 2.31. The second-order valence-corrected chi connectivity index (χ2v) is 7.16. The second kappa shape index (κ2) is 6.77. The van der Waals surface area contributed by atoms with Crippen LogP contribution in [0, 0.1) is 0 Å². The fourth-order valence-electron chi connectivity index (χ4n) is 4.21. The third-order valence-corrected chi connectivity index (χ3v) is 5.60. The van der Waals surface area contributed by atoms with Gasteiger partial charge in [-0.25, -0.2) is 0 Å². The molecular formula is C22H20N2O6. The summed E-state index contributed by atoms with van der Waals surface area (Å²) in [6.07, 6.45) is 0.596. The minimum atomic E-state index is -0.212. The number of rotatable bonds is 5. The van der Waals surface area contributed by atoms with Gasteiger partial charge in [-0.15, -0.1) is 0 Å². The molecule has 8 heteroatoms. The molecule has 2 N–H and O–H groups in total. The Kier molecular flexibility index (Phi) is 4.18. The standard InChI is InChI=1S/C22H20N2O6/c1-27-15-6-11-14(9-16(15)28-2)22(26)24(5-3-4-23)20-12-7-17-18(30-10-29-17)8-13(12)21(25)19(11)20/h6-9H,3-5,10,23H2,1-2H3. The highest BCUT2D eigenvalue weighted by Gasteiger charge is 2.35. The Bertz CT molecular complexity index is 1280. The van der Waals surface area contributed by atoms with Gasteiger partial charge in [0.15, 0.2) is 28.8 Å². The Morgan fingerprint density at radius 3 is 2.23 bits per heavy atom. The quantitative estimate of drug-likeness (QED) is 0.541. The summed E-state index contributed by atoms with van der Waals surface area (Å²) < 4.78 is 23.4. The number of aromatic nitrogens is 1. The van der Waals surface area contributed by atoms with Crippen molar-refractivity contribution < 1.29 is 23.7 Å². The van der Waals surface area contributed by atoms with Crippen LogP contribution in [-0.2, 0) is 6.54 Å². The van der Waals surface area contributed by atoms with Gasteiger partial charge in [0.1, 0.15) is 0 Å². The van der Waals surface area contributed by atoms with Gasteiger partial charge in [0.05, 0.1) is 30.9 Å². The van der Waals surface area contributed by atoms with Crippen molar-refractivity contribution in [3.8, 4) is 34.3 Å². The van der Waals surface area contributed by atoms with E-state index in [0.29, 0.717) is 75.7 Å². The molecule has 1 aliphatic heterocycles. The maximum Gasteiger partial charge on any atom is 0.259 e. The van der Waals surface area contributed by atoms with Gasteiger partial charge in [0.25, 0.3) is 5.56 Å². The molecule has 0 saturated carbocycles. The second-order valence-electron chi connectivity index (χ2n) is 7.16. The molecule has 2 aliphatic rings. The van der Waals surface area contributed by atoms with E-state index in [0.717, 1.165) is 0 Å². The molecule has 0 amide bonds. The number of ketones is 1. The first-order valence-electron chi connectivity index (χ1n) is 9.60. The van der Waals surface area contributed by atoms with Crippen molar-refractivity contribution in [3.05, 3.63) is 45.7 Å². The van der Waals surface area contributed by atoms with Crippen molar-refractivity contribution in [2.24, 2.45) is 5.73 Å². The van der Waals surface area contributed by atoms with Crippen molar-refractivity contribution >= 4 is 16.6 Å². The normalized spacial score (nSPS) is 13.5. The monoisotopic (exact) mass is 408 g/mol. The summed E-state index contributed by atoms with van der Waals surface area (Å²) in [6.45, 7) is 0.921. The number of hydrogen-bond acceptors (Lipinski definition) is 7. The Hall–Kier alpha value is -3.52. The molecule has 3 aromatic rings. The molecule has 0 bridgehead atoms. The van der Waals surface area contributed by atoms with Crippen LogP contribution in [-0.4, -0.2) is 37.9 Å². The lowest BCUT2D eigenvalue weighted by Crippen LogP contribution is -2.24. The van der Waals surface area contributed by atoms with Crippen LogP contribution in [0.3, 0.4) is 0 Å². The van der Waals surface area contributed by atoms with Crippen molar-refractivity contribution in [2.45, 2.75) is 13.0 Å². The van der Waals surface area contributed by atoms with Crippen LogP contribution in [0.15, 0.2) is 29.1 Å². The van der Waals surface area contributed by atoms with Crippen molar-refractivity contribution in [3.63, 3.8) is 0 Å². The van der Waals surface area contributed by atoms with E-state index in [2.05, 4.69) is 0 Å². The molecule has 2 aromatic carbocycles. The molecule has 0 fully saturated rings. The van der Waals surface area contributed by atoms with Crippen molar-refractivity contribution in [1.29, 1.82) is 0 Å². The Balaban J connectivity index is 1.89. The van der Waals surface area contributed by atoms with Gasteiger partial charge in [0, 0.05) is 23.1 Å². The number of hydrogen-bond donors (Lipinski definition) is 1. The lowest BCUT2D eigenvalue weighted by Gasteiger charge is -2.16. The lowest BCUT2D eigenvalue weighted by molar-refractivity contribution is 0.104. The molecule has 2 heterocycles. The smallest absolute Gasteiger partial charge is 0.259 e. The number of nitrogens with two attached hydrogens (primary N) is 1. The number of carbonyl (C=O) groups is 1. The van der Waals surface area contributed by atoms with E-state index in [1.807, 2.05) is 0 Å². The van der Waals surface area contributed by atoms with Gasteiger partial charge in [-0.05, 0) is 37.2 Å². The first kappa shape index (κ1) is 18.5. The minimum absolute atomic E-state index is 0.105. The number of methoxy groups -OCH3 is 2. The Labute approximate surface area is 171 Å². The summed E-state index contributed by atoms with van der Waals surface area (Å²) in [6, 6.07) is 6.76. The number of pyridine rings is 1. The maximum atomic E-state index is 13.5. The number of benzene rings is 2. The average Bonchev–Trinajstić information content (AvgIpc) is 3.33. The molecule has 1 aliphatic carbocycles. The molecular weight excluding hydrogens is 388 g/mol. The van der Waals surface area contributed by atoms with E-state index in [4.69, 9.17) is 24.7 Å². The number of fused-ring (bicyclic) bond motifs is 6. The molecule has 0 spiro atoms. The van der Waals surface area contributed by atoms with Gasteiger partial charge >= 0.3 is 0 Å². The summed E-state index contributed by atoms with van der Waals surface area (Å²) in [5.74, 6) is 1.78. The van der Waals surface area contributed by atoms with Gasteiger partial charge in [-0.2, -0.15) is 0 Å². The lowest BCUT2D eigenvalue weighted by atomic mass is 10.0. The zero-order valence-corrected chi connectivity index (χ0v) is 16.6. The first-order valence-corrected chi connectivity index (χ1v) is 9.60. The zero-order chi connectivity index (χ0) is 21.0. The third-order valence-electron chi connectivity index (χ3n) is 5.60. The number of ether oxygens (including phenoxy) is 4. The zero-order valence-electron chi connectivity index (χ0n) is 16.6. The largest absolute Gasteiger partial charge is 0.493 e. The molecule has 5 rings (SSSR count). The van der Waals surface area contributed by atoms with Crippen LogP contribution in [0.2, 0.25) is 0 Å². The molecule has 0 saturated heterocycles. The average molecular weight is 408 g/mol. The molecule has 30 heavy (non-hydrogen) atoms. The summed E-state index contributed by atoms with van der Waals surface area (Å²) in [7, 11) is 3.02. The van der Waals surface area contributed by atoms with Crippen molar-refractivity contribution in [1.82, 2.24) is 4.57 Å². The van der Waals surface area contributed by atoms with Crippen molar-refractivity contribution in [2.75, 3.05) is 27.6 Å². The summed E-state index contributed by atoms with van der Waals surface area (Å²) in [4.78, 5) is 27.0. The SMILES string of the molecule is COc1cc2c3c(n(CCCN)c(=O)c2cc1OC)-c1cc2c(cc1C3=O)OCO2. The van der Waals surface area contributed by atoms with Crippen LogP contribution in [0.25, 0.3) is 22.0 Å². The van der Waals surface area contributed by atoms with Crippen LogP contribution < -0.4 is 30.2 Å². The molecule has 154 valence electrons. The summed E-state index contributed by atoms with van der Waals surface area (Å²) in [5, 5.41) is 0.921. The van der Waals surface area contributed by atoms with Crippen LogP contribution in [0.4, 0.5) is 0 Å². The highest BCUT2D eigenvalue weighted by molar-refractivity contribution is 6.27. The van der Waals surface area contributed by atoms with E-state index in [9.17, 15) is 9.59 Å². The third kappa shape index (κ3) is 2.43. The van der Waals surface area contributed by atoms with Gasteiger partial charge < -0.3 is 29.2 Å². The van der Waals surface area contributed by atoms with Gasteiger partial charge in [-0.1, -0.05) is 0 Å². The maximum absolute atomic E-state index is 13.5. The highest BCUT2D eigenvalue weighted by atomic mass is 16.7. The Morgan fingerprint density at radius 2 is 1.60 bits per heavy atom. The fraction of sp³-hybridized carbons (Fsp3) is 0.273. The highest BCUT2D eigenvalue weighted by Crippen LogP contribution is 2.46. The van der Waals surface area contributed by atoms with Crippen LogP contribution in [0.5, 0.6) is 23.0 Å². The van der Waals surface area contributed by atoms with E-state index >= 15 is 0 Å². The number of nitrogens with zero attached hydrogens (tertiary/aromatic N) is 1. The summed E-state index contributed by atoms with van der Waals surface area (Å²) >= 11 is 0. The first-order chi connectivity index (χ1) is 14.6.